The van der Waals surface area contributed by atoms with Crippen molar-refractivity contribution in [2.24, 2.45) is 0 Å². The van der Waals surface area contributed by atoms with E-state index >= 15 is 0 Å². The Labute approximate surface area is 202 Å². The molecule has 0 unspecified atom stereocenters. The van der Waals surface area contributed by atoms with Gasteiger partial charge in [0.15, 0.2) is 0 Å². The minimum atomic E-state index is -0.577. The summed E-state index contributed by atoms with van der Waals surface area (Å²) in [5.41, 5.74) is 2.66. The lowest BCUT2D eigenvalue weighted by Crippen LogP contribution is -2.17. The van der Waals surface area contributed by atoms with Gasteiger partial charge in [-0.1, -0.05) is 40.1 Å². The summed E-state index contributed by atoms with van der Waals surface area (Å²) in [6, 6.07) is 11.6. The molecule has 2 aromatic carbocycles. The second-order valence-electron chi connectivity index (χ2n) is 7.71. The van der Waals surface area contributed by atoms with Crippen LogP contribution in [0.25, 0.3) is 0 Å². The van der Waals surface area contributed by atoms with E-state index in [4.69, 9.17) is 4.74 Å². The van der Waals surface area contributed by atoms with Crippen molar-refractivity contribution in [2.75, 3.05) is 28.3 Å². The van der Waals surface area contributed by atoms with Gasteiger partial charge in [-0.05, 0) is 62.1 Å². The minimum Gasteiger partial charge on any atom is -0.450 e. The van der Waals surface area contributed by atoms with E-state index in [9.17, 15) is 14.0 Å². The molecule has 1 aliphatic rings. The van der Waals surface area contributed by atoms with Crippen molar-refractivity contribution in [2.45, 2.75) is 50.8 Å². The number of amides is 2. The topological polar surface area (TPSA) is 79.5 Å². The minimum absolute atomic E-state index is 0.0916. The molecule has 3 N–H and O–H groups in total. The number of nitrogens with one attached hydrogen (secondary N) is 3. The molecule has 0 aromatic heterocycles. The Morgan fingerprint density at radius 1 is 1.09 bits per heavy atom. The van der Waals surface area contributed by atoms with Crippen molar-refractivity contribution in [3.05, 3.63) is 53.8 Å². The number of carbonyl (C=O) groups excluding carboxylic acids is 2. The van der Waals surface area contributed by atoms with Gasteiger partial charge in [0, 0.05) is 29.7 Å². The maximum Gasteiger partial charge on any atom is 0.411 e. The SMILES string of the molecule is CCOC(=O)Nc1ccc(NCc2ccc(F)cc2)cc1NC(=O)CCCC[C@@H]1CCSS1. The third kappa shape index (κ3) is 8.81. The summed E-state index contributed by atoms with van der Waals surface area (Å²) in [6.45, 7) is 2.48. The van der Waals surface area contributed by atoms with Crippen LogP contribution in [0.15, 0.2) is 42.5 Å². The number of anilines is 3. The van der Waals surface area contributed by atoms with E-state index in [0.29, 0.717) is 29.6 Å². The fourth-order valence-electron chi connectivity index (χ4n) is 3.38. The second-order valence-corrected chi connectivity index (χ2v) is 10.5. The molecule has 9 heteroatoms. The molecule has 0 spiro atoms. The molecular formula is C24H30FN3O3S2. The number of benzene rings is 2. The maximum absolute atomic E-state index is 13.1. The highest BCUT2D eigenvalue weighted by Crippen LogP contribution is 2.40. The van der Waals surface area contributed by atoms with Crippen LogP contribution in [0.2, 0.25) is 0 Å². The van der Waals surface area contributed by atoms with E-state index in [2.05, 4.69) is 16.0 Å². The molecule has 3 rings (SSSR count). The van der Waals surface area contributed by atoms with Crippen LogP contribution in [-0.4, -0.2) is 29.6 Å². The molecule has 0 saturated carbocycles. The molecule has 33 heavy (non-hydrogen) atoms. The van der Waals surface area contributed by atoms with E-state index in [-0.39, 0.29) is 18.3 Å². The number of carbonyl (C=O) groups is 2. The van der Waals surface area contributed by atoms with Crippen molar-refractivity contribution >= 4 is 50.7 Å². The first-order chi connectivity index (χ1) is 16.0. The van der Waals surface area contributed by atoms with Crippen LogP contribution < -0.4 is 16.0 Å². The monoisotopic (exact) mass is 491 g/mol. The quantitative estimate of drug-likeness (QED) is 0.241. The summed E-state index contributed by atoms with van der Waals surface area (Å²) < 4.78 is 18.1. The third-order valence-corrected chi connectivity index (χ3v) is 8.13. The predicted molar refractivity (Wildman–Crippen MR) is 136 cm³/mol. The molecule has 0 radical (unpaired) electrons. The van der Waals surface area contributed by atoms with Gasteiger partial charge >= 0.3 is 6.09 Å². The van der Waals surface area contributed by atoms with Crippen molar-refractivity contribution in [1.29, 1.82) is 0 Å². The van der Waals surface area contributed by atoms with E-state index in [1.165, 1.54) is 24.3 Å². The lowest BCUT2D eigenvalue weighted by molar-refractivity contribution is -0.116. The van der Waals surface area contributed by atoms with Gasteiger partial charge in [-0.25, -0.2) is 9.18 Å². The molecule has 1 heterocycles. The lowest BCUT2D eigenvalue weighted by atomic mass is 10.1. The number of halogens is 1. The average Bonchev–Trinajstić information content (AvgIpc) is 3.32. The third-order valence-electron chi connectivity index (χ3n) is 5.12. The Balaban J connectivity index is 1.59. The molecule has 2 amide bonds. The van der Waals surface area contributed by atoms with Crippen LogP contribution >= 0.6 is 21.6 Å². The Bertz CT molecular complexity index is 922. The molecule has 1 aliphatic heterocycles. The molecule has 6 nitrogen and oxygen atoms in total. The predicted octanol–water partition coefficient (Wildman–Crippen LogP) is 6.66. The Kier molecular flexibility index (Phi) is 10.2. The lowest BCUT2D eigenvalue weighted by Gasteiger charge is -2.15. The Morgan fingerprint density at radius 2 is 1.91 bits per heavy atom. The summed E-state index contributed by atoms with van der Waals surface area (Å²) in [7, 11) is 3.89. The van der Waals surface area contributed by atoms with Crippen LogP contribution in [-0.2, 0) is 16.1 Å². The van der Waals surface area contributed by atoms with Crippen LogP contribution in [0.5, 0.6) is 0 Å². The molecule has 1 saturated heterocycles. The van der Waals surface area contributed by atoms with Gasteiger partial charge in [-0.2, -0.15) is 0 Å². The van der Waals surface area contributed by atoms with Gasteiger partial charge in [0.25, 0.3) is 0 Å². The van der Waals surface area contributed by atoms with Crippen LogP contribution in [0.3, 0.4) is 0 Å². The van der Waals surface area contributed by atoms with Gasteiger partial charge in [-0.3, -0.25) is 10.1 Å². The molecular weight excluding hydrogens is 461 g/mol. The highest BCUT2D eigenvalue weighted by atomic mass is 33.1. The Morgan fingerprint density at radius 3 is 2.64 bits per heavy atom. The van der Waals surface area contributed by atoms with Gasteiger partial charge in [-0.15, -0.1) is 0 Å². The summed E-state index contributed by atoms with van der Waals surface area (Å²) in [4.78, 5) is 24.5. The zero-order valence-corrected chi connectivity index (χ0v) is 20.3. The number of unbranched alkanes of at least 4 members (excludes halogenated alkanes) is 1. The summed E-state index contributed by atoms with van der Waals surface area (Å²) >= 11 is 0. The first-order valence-corrected chi connectivity index (χ1v) is 13.6. The van der Waals surface area contributed by atoms with Crippen LogP contribution in [0.1, 0.15) is 44.6 Å². The number of hydrogen-bond acceptors (Lipinski definition) is 6. The van der Waals surface area contributed by atoms with Gasteiger partial charge in [0.05, 0.1) is 18.0 Å². The largest absolute Gasteiger partial charge is 0.450 e. The van der Waals surface area contributed by atoms with Gasteiger partial charge in [0.2, 0.25) is 5.91 Å². The van der Waals surface area contributed by atoms with E-state index in [1.54, 1.807) is 37.3 Å². The zero-order chi connectivity index (χ0) is 23.5. The standard InChI is InChI=1S/C24H30FN3O3S2/c1-2-31-24(30)28-21-12-11-19(26-16-17-7-9-18(25)10-8-17)15-22(21)27-23(29)6-4-3-5-20-13-14-32-33-20/h7-12,15,20,26H,2-6,13-14,16H2,1H3,(H,27,29)(H,28,30)/t20-/m1/s1. The average molecular weight is 492 g/mol. The van der Waals surface area contributed by atoms with Crippen molar-refractivity contribution < 1.29 is 18.7 Å². The zero-order valence-electron chi connectivity index (χ0n) is 18.7. The summed E-state index contributed by atoms with van der Waals surface area (Å²) in [5, 5.41) is 9.57. The molecule has 1 atom stereocenters. The van der Waals surface area contributed by atoms with E-state index in [0.717, 1.165) is 30.5 Å². The van der Waals surface area contributed by atoms with Crippen LogP contribution in [0, 0.1) is 5.82 Å². The Hall–Kier alpha value is -2.39. The van der Waals surface area contributed by atoms with E-state index < -0.39 is 6.09 Å². The highest BCUT2D eigenvalue weighted by Gasteiger charge is 2.16. The number of ether oxygens (including phenoxy) is 1. The molecule has 1 fully saturated rings. The van der Waals surface area contributed by atoms with Crippen molar-refractivity contribution in [1.82, 2.24) is 0 Å². The van der Waals surface area contributed by atoms with Crippen molar-refractivity contribution in [3.63, 3.8) is 0 Å². The molecule has 178 valence electrons. The summed E-state index contributed by atoms with van der Waals surface area (Å²) in [5.74, 6) is 0.850. The molecule has 0 aliphatic carbocycles. The highest BCUT2D eigenvalue weighted by molar-refractivity contribution is 8.77. The maximum atomic E-state index is 13.1. The number of rotatable bonds is 11. The molecule has 2 aromatic rings. The first-order valence-electron chi connectivity index (χ1n) is 11.2. The fourth-order valence-corrected chi connectivity index (χ4v) is 6.41. The first kappa shape index (κ1) is 25.2. The smallest absolute Gasteiger partial charge is 0.411 e. The molecule has 0 bridgehead atoms. The van der Waals surface area contributed by atoms with Gasteiger partial charge in [0.1, 0.15) is 5.82 Å². The summed E-state index contributed by atoms with van der Waals surface area (Å²) in [6.07, 6.45) is 4.10. The fraction of sp³-hybridized carbons (Fsp3) is 0.417. The number of hydrogen-bond donors (Lipinski definition) is 3. The van der Waals surface area contributed by atoms with E-state index in [1.807, 2.05) is 21.6 Å². The van der Waals surface area contributed by atoms with Crippen molar-refractivity contribution in [3.8, 4) is 0 Å². The second kappa shape index (κ2) is 13.3. The van der Waals surface area contributed by atoms with Crippen LogP contribution in [0.4, 0.5) is 26.2 Å². The normalized spacial score (nSPS) is 15.2. The van der Waals surface area contributed by atoms with Gasteiger partial charge < -0.3 is 15.4 Å².